The summed E-state index contributed by atoms with van der Waals surface area (Å²) in [5.41, 5.74) is 3.02. The van der Waals surface area contributed by atoms with E-state index in [4.69, 9.17) is 9.15 Å². The maximum Gasteiger partial charge on any atom is 0.329 e. The number of furan rings is 1. The highest BCUT2D eigenvalue weighted by Gasteiger charge is 2.13. The number of hydrogen-bond donors (Lipinski definition) is 3. The van der Waals surface area contributed by atoms with E-state index >= 15 is 0 Å². The Hall–Kier alpha value is -4.47. The quantitative estimate of drug-likeness (QED) is 0.283. The van der Waals surface area contributed by atoms with Crippen LogP contribution in [0.25, 0.3) is 0 Å². The number of benzene rings is 2. The van der Waals surface area contributed by atoms with Crippen LogP contribution >= 0.6 is 0 Å². The molecule has 3 amide bonds. The topological polar surface area (TPSA) is 122 Å². The molecule has 0 fully saturated rings. The zero-order valence-corrected chi connectivity index (χ0v) is 16.7. The Morgan fingerprint density at radius 2 is 1.78 bits per heavy atom. The predicted molar refractivity (Wildman–Crippen MR) is 113 cm³/mol. The summed E-state index contributed by atoms with van der Waals surface area (Å²) in [7, 11) is 0. The van der Waals surface area contributed by atoms with Crippen molar-refractivity contribution >= 4 is 29.6 Å². The summed E-state index contributed by atoms with van der Waals surface area (Å²) < 4.78 is 23.5. The van der Waals surface area contributed by atoms with Gasteiger partial charge in [0.05, 0.1) is 19.0 Å². The number of carbonyl (C=O) groups excluding carboxylic acids is 3. The van der Waals surface area contributed by atoms with Crippen LogP contribution in [0.15, 0.2) is 76.4 Å². The van der Waals surface area contributed by atoms with Crippen molar-refractivity contribution in [1.29, 1.82) is 0 Å². The molecule has 3 rings (SSSR count). The zero-order valence-electron chi connectivity index (χ0n) is 16.7. The Morgan fingerprint density at radius 3 is 2.53 bits per heavy atom. The van der Waals surface area contributed by atoms with Gasteiger partial charge in [-0.25, -0.2) is 9.82 Å². The average Bonchev–Trinajstić information content (AvgIpc) is 3.32. The second-order valence-corrected chi connectivity index (χ2v) is 6.34. The number of ether oxygens (including phenoxy) is 1. The van der Waals surface area contributed by atoms with Gasteiger partial charge in [0, 0.05) is 11.3 Å². The molecular formula is C22H19FN4O5. The van der Waals surface area contributed by atoms with E-state index in [0.717, 1.165) is 0 Å². The van der Waals surface area contributed by atoms with Crippen molar-refractivity contribution in [3.05, 3.63) is 84.1 Å². The number of halogens is 1. The van der Waals surface area contributed by atoms with E-state index in [0.29, 0.717) is 22.8 Å². The van der Waals surface area contributed by atoms with Crippen LogP contribution < -0.4 is 20.8 Å². The largest absolute Gasteiger partial charge is 0.483 e. The van der Waals surface area contributed by atoms with Crippen LogP contribution in [0, 0.1) is 5.82 Å². The van der Waals surface area contributed by atoms with E-state index in [1.54, 1.807) is 36.4 Å². The molecule has 0 spiro atoms. The third-order valence-corrected chi connectivity index (χ3v) is 3.98. The summed E-state index contributed by atoms with van der Waals surface area (Å²) in [5.74, 6) is -1.84. The molecule has 10 heteroatoms. The van der Waals surface area contributed by atoms with Crippen molar-refractivity contribution in [3.63, 3.8) is 0 Å². The molecule has 2 aromatic carbocycles. The van der Waals surface area contributed by atoms with Gasteiger partial charge < -0.3 is 19.8 Å². The first-order chi connectivity index (χ1) is 15.5. The lowest BCUT2D eigenvalue weighted by atomic mass is 10.2. The molecule has 0 atom stereocenters. The second-order valence-electron chi connectivity index (χ2n) is 6.34. The minimum atomic E-state index is -0.954. The summed E-state index contributed by atoms with van der Waals surface area (Å²) in [5, 5.41) is 8.72. The first-order valence-electron chi connectivity index (χ1n) is 9.42. The first kappa shape index (κ1) is 22.2. The van der Waals surface area contributed by atoms with E-state index in [9.17, 15) is 18.8 Å². The maximum atomic E-state index is 12.9. The minimum Gasteiger partial charge on any atom is -0.483 e. The minimum absolute atomic E-state index is 0.0691. The molecule has 0 aliphatic rings. The summed E-state index contributed by atoms with van der Waals surface area (Å²) in [6.07, 6.45) is 2.74. The van der Waals surface area contributed by atoms with Gasteiger partial charge in [0.2, 0.25) is 0 Å². The van der Waals surface area contributed by atoms with Crippen molar-refractivity contribution in [3.8, 4) is 5.75 Å². The summed E-state index contributed by atoms with van der Waals surface area (Å²) in [6, 6.07) is 15.3. The van der Waals surface area contributed by atoms with Crippen molar-refractivity contribution < 1.29 is 27.9 Å². The van der Waals surface area contributed by atoms with Crippen LogP contribution in [0.1, 0.15) is 11.3 Å². The van der Waals surface area contributed by atoms with Crippen LogP contribution in [-0.2, 0) is 20.9 Å². The molecule has 0 saturated heterocycles. The van der Waals surface area contributed by atoms with Crippen LogP contribution in [0.2, 0.25) is 0 Å². The summed E-state index contributed by atoms with van der Waals surface area (Å²) in [4.78, 5) is 35.6. The van der Waals surface area contributed by atoms with Gasteiger partial charge in [0.25, 0.3) is 5.91 Å². The van der Waals surface area contributed by atoms with Gasteiger partial charge in [-0.2, -0.15) is 5.10 Å². The summed E-state index contributed by atoms with van der Waals surface area (Å²) >= 11 is 0. The lowest BCUT2D eigenvalue weighted by Crippen LogP contribution is -2.37. The fourth-order valence-electron chi connectivity index (χ4n) is 2.46. The van der Waals surface area contributed by atoms with Crippen molar-refractivity contribution in [2.45, 2.75) is 6.54 Å². The molecule has 0 aliphatic carbocycles. The van der Waals surface area contributed by atoms with Crippen LogP contribution in [0.4, 0.5) is 10.1 Å². The van der Waals surface area contributed by atoms with Gasteiger partial charge in [0.1, 0.15) is 17.3 Å². The zero-order chi connectivity index (χ0) is 22.8. The smallest absolute Gasteiger partial charge is 0.329 e. The molecule has 3 aromatic rings. The Balaban J connectivity index is 1.48. The molecule has 3 N–H and O–H groups in total. The number of nitrogens with one attached hydrogen (secondary N) is 3. The second kappa shape index (κ2) is 11.1. The van der Waals surface area contributed by atoms with Gasteiger partial charge >= 0.3 is 11.8 Å². The Morgan fingerprint density at radius 1 is 1.00 bits per heavy atom. The van der Waals surface area contributed by atoms with Gasteiger partial charge in [-0.05, 0) is 48.5 Å². The highest BCUT2D eigenvalue weighted by molar-refractivity contribution is 6.35. The molecular weight excluding hydrogens is 419 g/mol. The molecule has 164 valence electrons. The lowest BCUT2D eigenvalue weighted by molar-refractivity contribution is -0.139. The fourth-order valence-corrected chi connectivity index (χ4v) is 2.46. The number of hydrazone groups is 1. The molecule has 1 heterocycles. The molecule has 0 bridgehead atoms. The number of nitrogens with zero attached hydrogens (tertiary/aromatic N) is 1. The predicted octanol–water partition coefficient (Wildman–Crippen LogP) is 2.20. The van der Waals surface area contributed by atoms with Crippen molar-refractivity contribution in [2.24, 2.45) is 5.10 Å². The molecule has 9 nitrogen and oxygen atoms in total. The molecule has 0 aliphatic heterocycles. The molecule has 32 heavy (non-hydrogen) atoms. The molecule has 1 aromatic heterocycles. The van der Waals surface area contributed by atoms with Gasteiger partial charge in [-0.15, -0.1) is 0 Å². The maximum absolute atomic E-state index is 12.9. The molecule has 0 unspecified atom stereocenters. The third-order valence-electron chi connectivity index (χ3n) is 3.98. The van der Waals surface area contributed by atoms with Crippen LogP contribution in [0.3, 0.4) is 0 Å². The Kier molecular flexibility index (Phi) is 7.68. The lowest BCUT2D eigenvalue weighted by Gasteiger charge is -2.09. The Bertz CT molecular complexity index is 1100. The fraction of sp³-hybridized carbons (Fsp3) is 0.0909. The van der Waals surface area contributed by atoms with E-state index in [1.165, 1.54) is 36.7 Å². The monoisotopic (exact) mass is 438 g/mol. The third kappa shape index (κ3) is 6.80. The number of hydrogen-bond acceptors (Lipinski definition) is 6. The van der Waals surface area contributed by atoms with Gasteiger partial charge in [0.15, 0.2) is 6.61 Å². The van der Waals surface area contributed by atoms with E-state index < -0.39 is 23.5 Å². The highest BCUT2D eigenvalue weighted by Crippen LogP contribution is 2.16. The summed E-state index contributed by atoms with van der Waals surface area (Å²) in [6.45, 7) is -0.233. The highest BCUT2D eigenvalue weighted by atomic mass is 19.1. The van der Waals surface area contributed by atoms with Crippen molar-refractivity contribution in [1.82, 2.24) is 10.7 Å². The number of amides is 3. The number of anilines is 1. The normalized spacial score (nSPS) is 10.5. The van der Waals surface area contributed by atoms with E-state index in [1.807, 2.05) is 0 Å². The van der Waals surface area contributed by atoms with Crippen molar-refractivity contribution in [2.75, 3.05) is 11.9 Å². The standard InChI is InChI=1S/C22H19FN4O5/c23-16-7-9-17(10-8-16)26-20(28)14-32-19-6-2-1-4-15(19)12-25-27-22(30)21(29)24-13-18-5-3-11-31-18/h1-12H,13-14H2,(H,24,29)(H,26,28)(H,27,30)/b25-12-. The Labute approximate surface area is 182 Å². The number of para-hydroxylation sites is 1. The first-order valence-corrected chi connectivity index (χ1v) is 9.42. The number of rotatable bonds is 8. The average molecular weight is 438 g/mol. The SMILES string of the molecule is O=C(COc1ccccc1/C=N\NC(=O)C(=O)NCc1ccco1)Nc1ccc(F)cc1. The van der Waals surface area contributed by atoms with Crippen LogP contribution in [0.5, 0.6) is 5.75 Å². The molecule has 0 saturated carbocycles. The number of carbonyl (C=O) groups is 3. The molecule has 0 radical (unpaired) electrons. The van der Waals surface area contributed by atoms with Gasteiger partial charge in [-0.3, -0.25) is 14.4 Å². The van der Waals surface area contributed by atoms with Gasteiger partial charge in [-0.1, -0.05) is 12.1 Å². The van der Waals surface area contributed by atoms with E-state index in [2.05, 4.69) is 21.2 Å². The van der Waals surface area contributed by atoms with Crippen LogP contribution in [-0.4, -0.2) is 30.5 Å². The van der Waals surface area contributed by atoms with E-state index in [-0.39, 0.29) is 13.2 Å².